The van der Waals surface area contributed by atoms with E-state index >= 15 is 0 Å². The fourth-order valence-corrected chi connectivity index (χ4v) is 2.13. The third kappa shape index (κ3) is 2.53. The van der Waals surface area contributed by atoms with Gasteiger partial charge in [0.1, 0.15) is 5.75 Å². The van der Waals surface area contributed by atoms with Gasteiger partial charge in [0.05, 0.1) is 0 Å². The first kappa shape index (κ1) is 12.1. The molecule has 0 saturated heterocycles. The number of phenols is 1. The minimum absolute atomic E-state index is 0.225. The summed E-state index contributed by atoms with van der Waals surface area (Å²) in [5, 5.41) is 9.29. The number of phenolic OH excluding ortho intramolecular Hbond substituents is 1. The molecule has 0 aliphatic rings. The average molecular weight is 206 g/mol. The van der Waals surface area contributed by atoms with Gasteiger partial charge < -0.3 is 5.11 Å². The molecule has 1 N–H and O–H groups in total. The van der Waals surface area contributed by atoms with Gasteiger partial charge in [-0.15, -0.1) is 0 Å². The van der Waals surface area contributed by atoms with Gasteiger partial charge in [0, 0.05) is 0 Å². The van der Waals surface area contributed by atoms with E-state index in [0.29, 0.717) is 11.7 Å². The van der Waals surface area contributed by atoms with E-state index in [4.69, 9.17) is 0 Å². The van der Waals surface area contributed by atoms with Gasteiger partial charge in [-0.2, -0.15) is 0 Å². The van der Waals surface area contributed by atoms with E-state index in [2.05, 4.69) is 27.7 Å². The molecular formula is C14H22O. The van der Waals surface area contributed by atoms with Crippen molar-refractivity contribution in [3.8, 4) is 5.75 Å². The normalized spacial score (nSPS) is 15.3. The molecule has 0 saturated carbocycles. The van der Waals surface area contributed by atoms with Gasteiger partial charge in [-0.3, -0.25) is 0 Å². The topological polar surface area (TPSA) is 20.2 Å². The molecule has 1 rings (SSSR count). The summed E-state index contributed by atoms with van der Waals surface area (Å²) in [5.41, 5.74) is 1.56. The second kappa shape index (κ2) is 4.69. The molecule has 1 nitrogen and oxygen atoms in total. The lowest BCUT2D eigenvalue weighted by atomic mass is 9.70. The quantitative estimate of drug-likeness (QED) is 0.786. The van der Waals surface area contributed by atoms with Crippen LogP contribution in [0.15, 0.2) is 24.3 Å². The third-order valence-corrected chi connectivity index (χ3v) is 3.57. The minimum atomic E-state index is 0.225. The molecule has 0 heterocycles. The third-order valence-electron chi connectivity index (χ3n) is 3.57. The predicted octanol–water partition coefficient (Wildman–Crippen LogP) is 4.11. The molecule has 0 radical (unpaired) electrons. The molecular weight excluding hydrogens is 184 g/mol. The Morgan fingerprint density at radius 1 is 1.20 bits per heavy atom. The van der Waals surface area contributed by atoms with E-state index in [0.717, 1.165) is 0 Å². The van der Waals surface area contributed by atoms with Gasteiger partial charge in [-0.25, -0.2) is 0 Å². The number of hydrogen-bond acceptors (Lipinski definition) is 1. The summed E-state index contributed by atoms with van der Waals surface area (Å²) in [7, 11) is 0. The number of hydrogen-bond donors (Lipinski definition) is 1. The zero-order valence-electron chi connectivity index (χ0n) is 10.2. The van der Waals surface area contributed by atoms with Crippen LogP contribution in [0.1, 0.15) is 46.1 Å². The van der Waals surface area contributed by atoms with Gasteiger partial charge in [-0.05, 0) is 35.4 Å². The summed E-state index contributed by atoms with van der Waals surface area (Å²) < 4.78 is 0. The van der Waals surface area contributed by atoms with Crippen LogP contribution < -0.4 is 0 Å². The van der Waals surface area contributed by atoms with Crippen molar-refractivity contribution in [1.82, 2.24) is 0 Å². The lowest BCUT2D eigenvalue weighted by Crippen LogP contribution is -2.28. The van der Waals surface area contributed by atoms with Crippen LogP contribution in [-0.2, 0) is 5.41 Å². The van der Waals surface area contributed by atoms with Gasteiger partial charge in [0.15, 0.2) is 0 Å². The van der Waals surface area contributed by atoms with E-state index in [-0.39, 0.29) is 5.41 Å². The van der Waals surface area contributed by atoms with Crippen LogP contribution in [0, 0.1) is 5.92 Å². The summed E-state index contributed by atoms with van der Waals surface area (Å²) in [6.45, 7) is 9.07. The maximum atomic E-state index is 9.29. The Labute approximate surface area is 93.1 Å². The smallest absolute Gasteiger partial charge is 0.115 e. The molecule has 0 aliphatic heterocycles. The summed E-state index contributed by atoms with van der Waals surface area (Å²) in [5.74, 6) is 0.961. The minimum Gasteiger partial charge on any atom is -0.508 e. The summed E-state index contributed by atoms with van der Waals surface area (Å²) >= 11 is 0. The zero-order valence-corrected chi connectivity index (χ0v) is 10.2. The molecule has 84 valence electrons. The lowest BCUT2D eigenvalue weighted by Gasteiger charge is -2.34. The van der Waals surface area contributed by atoms with Crippen molar-refractivity contribution in [2.24, 2.45) is 5.92 Å². The zero-order chi connectivity index (χ0) is 11.5. The first-order chi connectivity index (χ1) is 7.00. The van der Waals surface area contributed by atoms with Crippen LogP contribution in [0.5, 0.6) is 5.75 Å². The molecule has 0 fully saturated rings. The van der Waals surface area contributed by atoms with Crippen LogP contribution in [0.4, 0.5) is 0 Å². The largest absolute Gasteiger partial charge is 0.508 e. The Morgan fingerprint density at radius 2 is 1.73 bits per heavy atom. The van der Waals surface area contributed by atoms with Crippen molar-refractivity contribution in [3.05, 3.63) is 29.8 Å². The molecule has 1 aromatic rings. The Kier molecular flexibility index (Phi) is 3.78. The maximum Gasteiger partial charge on any atom is 0.115 e. The Morgan fingerprint density at radius 3 is 2.13 bits per heavy atom. The standard InChI is InChI=1S/C14H22O/c1-5-10-14(4,11(2)3)12-6-8-13(15)9-7-12/h6-9,11,15H,5,10H2,1-4H3. The summed E-state index contributed by atoms with van der Waals surface area (Å²) in [6.07, 6.45) is 2.38. The first-order valence-electron chi connectivity index (χ1n) is 5.80. The number of aromatic hydroxyl groups is 1. The van der Waals surface area contributed by atoms with Crippen molar-refractivity contribution < 1.29 is 5.11 Å². The van der Waals surface area contributed by atoms with E-state index < -0.39 is 0 Å². The van der Waals surface area contributed by atoms with Crippen LogP contribution >= 0.6 is 0 Å². The highest BCUT2D eigenvalue weighted by Crippen LogP contribution is 2.36. The maximum absolute atomic E-state index is 9.29. The Hall–Kier alpha value is -0.980. The second-order valence-electron chi connectivity index (χ2n) is 4.87. The highest BCUT2D eigenvalue weighted by Gasteiger charge is 2.29. The number of rotatable bonds is 4. The molecule has 0 bridgehead atoms. The van der Waals surface area contributed by atoms with Crippen molar-refractivity contribution in [2.75, 3.05) is 0 Å². The van der Waals surface area contributed by atoms with Gasteiger partial charge in [0.25, 0.3) is 0 Å². The van der Waals surface area contributed by atoms with Crippen LogP contribution in [0.2, 0.25) is 0 Å². The molecule has 1 unspecified atom stereocenters. The van der Waals surface area contributed by atoms with Gasteiger partial charge in [0.2, 0.25) is 0 Å². The van der Waals surface area contributed by atoms with E-state index in [1.807, 2.05) is 12.1 Å². The van der Waals surface area contributed by atoms with Crippen LogP contribution in [-0.4, -0.2) is 5.11 Å². The fourth-order valence-electron chi connectivity index (χ4n) is 2.13. The van der Waals surface area contributed by atoms with Crippen molar-refractivity contribution in [1.29, 1.82) is 0 Å². The van der Waals surface area contributed by atoms with Gasteiger partial charge in [-0.1, -0.05) is 46.2 Å². The fraction of sp³-hybridized carbons (Fsp3) is 0.571. The molecule has 15 heavy (non-hydrogen) atoms. The Balaban J connectivity index is 3.04. The van der Waals surface area contributed by atoms with Crippen molar-refractivity contribution >= 4 is 0 Å². The SMILES string of the molecule is CCCC(C)(c1ccc(O)cc1)C(C)C. The summed E-state index contributed by atoms with van der Waals surface area (Å²) in [4.78, 5) is 0. The van der Waals surface area contributed by atoms with Crippen LogP contribution in [0.3, 0.4) is 0 Å². The molecule has 1 aromatic carbocycles. The highest BCUT2D eigenvalue weighted by molar-refractivity contribution is 5.31. The van der Waals surface area contributed by atoms with Crippen molar-refractivity contribution in [3.63, 3.8) is 0 Å². The van der Waals surface area contributed by atoms with E-state index in [1.165, 1.54) is 18.4 Å². The van der Waals surface area contributed by atoms with E-state index in [1.54, 1.807) is 12.1 Å². The van der Waals surface area contributed by atoms with Gasteiger partial charge >= 0.3 is 0 Å². The van der Waals surface area contributed by atoms with Crippen molar-refractivity contribution in [2.45, 2.75) is 46.0 Å². The second-order valence-corrected chi connectivity index (χ2v) is 4.87. The molecule has 0 aromatic heterocycles. The molecule has 1 heteroatoms. The molecule has 0 amide bonds. The first-order valence-corrected chi connectivity index (χ1v) is 5.80. The highest BCUT2D eigenvalue weighted by atomic mass is 16.3. The van der Waals surface area contributed by atoms with E-state index in [9.17, 15) is 5.11 Å². The predicted molar refractivity (Wildman–Crippen MR) is 65.2 cm³/mol. The molecule has 0 aliphatic carbocycles. The monoisotopic (exact) mass is 206 g/mol. The molecule has 0 spiro atoms. The molecule has 1 atom stereocenters. The average Bonchev–Trinajstić information content (AvgIpc) is 2.18. The van der Waals surface area contributed by atoms with Crippen LogP contribution in [0.25, 0.3) is 0 Å². The Bertz CT molecular complexity index is 300. The number of benzene rings is 1. The summed E-state index contributed by atoms with van der Waals surface area (Å²) in [6, 6.07) is 7.66. The lowest BCUT2D eigenvalue weighted by molar-refractivity contribution is 0.310.